The van der Waals surface area contributed by atoms with Crippen LogP contribution in [0.1, 0.15) is 18.9 Å². The zero-order chi connectivity index (χ0) is 18.4. The van der Waals surface area contributed by atoms with E-state index in [1.807, 2.05) is 4.72 Å². The molecule has 1 atom stereocenters. The maximum Gasteiger partial charge on any atom is 0.417 e. The van der Waals surface area contributed by atoms with Crippen LogP contribution < -0.4 is 15.4 Å². The molecule has 0 aliphatic rings. The van der Waals surface area contributed by atoms with E-state index in [0.717, 1.165) is 12.1 Å². The van der Waals surface area contributed by atoms with Gasteiger partial charge in [0.25, 0.3) is 0 Å². The number of nitrogens with one attached hydrogen (secondary N) is 3. The summed E-state index contributed by atoms with van der Waals surface area (Å²) >= 11 is 0. The Labute approximate surface area is 151 Å². The summed E-state index contributed by atoms with van der Waals surface area (Å²) in [7, 11) is -2.75. The summed E-state index contributed by atoms with van der Waals surface area (Å²) < 4.78 is 65.2. The van der Waals surface area contributed by atoms with Gasteiger partial charge in [0.1, 0.15) is 0 Å². The molecule has 6 nitrogen and oxygen atoms in total. The van der Waals surface area contributed by atoms with Gasteiger partial charge in [-0.15, -0.1) is 12.4 Å². The Hall–Kier alpha value is -1.36. The van der Waals surface area contributed by atoms with Crippen molar-refractivity contribution in [2.24, 2.45) is 0 Å². The largest absolute Gasteiger partial charge is 0.417 e. The lowest BCUT2D eigenvalue weighted by Gasteiger charge is -2.17. The van der Waals surface area contributed by atoms with E-state index in [4.69, 9.17) is 0 Å². The van der Waals surface area contributed by atoms with Gasteiger partial charge < -0.3 is 10.6 Å². The number of amides is 1. The Bertz CT molecular complexity index is 669. The van der Waals surface area contributed by atoms with Crippen LogP contribution in [0.15, 0.2) is 29.2 Å². The average molecular weight is 404 g/mol. The third kappa shape index (κ3) is 7.18. The number of hydrogen-bond donors (Lipinski definition) is 3. The topological polar surface area (TPSA) is 87.3 Å². The van der Waals surface area contributed by atoms with Gasteiger partial charge in [-0.1, -0.05) is 12.1 Å². The number of sulfonamides is 1. The average Bonchev–Trinajstić information content (AvgIpc) is 2.50. The predicted molar refractivity (Wildman–Crippen MR) is 90.0 cm³/mol. The lowest BCUT2D eigenvalue weighted by molar-refractivity contribution is -0.139. The third-order valence-corrected chi connectivity index (χ3v) is 4.71. The fourth-order valence-corrected chi connectivity index (χ4v) is 3.35. The molecular formula is C14H21ClF3N3O3S. The quantitative estimate of drug-likeness (QED) is 0.574. The molecule has 0 saturated carbocycles. The van der Waals surface area contributed by atoms with E-state index in [1.165, 1.54) is 13.0 Å². The predicted octanol–water partition coefficient (Wildman–Crippen LogP) is 1.52. The second-order valence-corrected chi connectivity index (χ2v) is 6.77. The van der Waals surface area contributed by atoms with Crippen LogP contribution in [0.5, 0.6) is 0 Å². The van der Waals surface area contributed by atoms with Crippen molar-refractivity contribution in [2.45, 2.75) is 30.5 Å². The Morgan fingerprint density at radius 2 is 1.80 bits per heavy atom. The van der Waals surface area contributed by atoms with Crippen molar-refractivity contribution in [1.82, 2.24) is 15.4 Å². The first-order chi connectivity index (χ1) is 11.1. The van der Waals surface area contributed by atoms with Gasteiger partial charge in [0.2, 0.25) is 15.9 Å². The molecule has 1 aromatic rings. The Morgan fingerprint density at radius 3 is 2.36 bits per heavy atom. The lowest BCUT2D eigenvalue weighted by atomic mass is 10.2. The molecule has 0 saturated heterocycles. The van der Waals surface area contributed by atoms with E-state index in [1.54, 1.807) is 7.05 Å². The van der Waals surface area contributed by atoms with Gasteiger partial charge in [-0.05, 0) is 39.1 Å². The van der Waals surface area contributed by atoms with Crippen molar-refractivity contribution in [2.75, 3.05) is 20.1 Å². The Kier molecular flexibility index (Phi) is 9.41. The number of carbonyl (C=O) groups is 1. The second-order valence-electron chi connectivity index (χ2n) is 5.09. The van der Waals surface area contributed by atoms with Crippen LogP contribution in [-0.2, 0) is 21.0 Å². The molecular weight excluding hydrogens is 383 g/mol. The van der Waals surface area contributed by atoms with E-state index in [-0.39, 0.29) is 12.4 Å². The molecule has 0 heterocycles. The van der Waals surface area contributed by atoms with Gasteiger partial charge >= 0.3 is 6.18 Å². The molecule has 0 aliphatic carbocycles. The molecule has 25 heavy (non-hydrogen) atoms. The van der Waals surface area contributed by atoms with E-state index < -0.39 is 38.6 Å². The molecule has 1 aromatic carbocycles. The summed E-state index contributed by atoms with van der Waals surface area (Å²) in [6.45, 7) is 2.26. The second kappa shape index (κ2) is 9.95. The van der Waals surface area contributed by atoms with Crippen LogP contribution in [0.3, 0.4) is 0 Å². The zero-order valence-electron chi connectivity index (χ0n) is 13.7. The minimum Gasteiger partial charge on any atom is -0.355 e. The van der Waals surface area contributed by atoms with Gasteiger partial charge in [-0.3, -0.25) is 4.79 Å². The third-order valence-electron chi connectivity index (χ3n) is 3.11. The standard InChI is InChI=1S/C14H20F3N3O3S.ClH/c1-10(13(21)19-9-5-8-18-2)20-24(22,23)12-7-4-3-6-11(12)14(15,16)17;/h3-4,6-7,10,18,20H,5,8-9H2,1-2H3,(H,19,21);1H. The van der Waals surface area contributed by atoms with Crippen molar-refractivity contribution in [3.63, 3.8) is 0 Å². The highest BCUT2D eigenvalue weighted by Gasteiger charge is 2.37. The maximum atomic E-state index is 12.9. The van der Waals surface area contributed by atoms with E-state index in [0.29, 0.717) is 25.6 Å². The molecule has 0 bridgehead atoms. The van der Waals surface area contributed by atoms with Crippen LogP contribution in [-0.4, -0.2) is 40.5 Å². The van der Waals surface area contributed by atoms with Crippen LogP contribution in [0.4, 0.5) is 13.2 Å². The summed E-state index contributed by atoms with van der Waals surface area (Å²) in [5.41, 5.74) is -1.28. The highest BCUT2D eigenvalue weighted by molar-refractivity contribution is 7.89. The molecule has 0 aliphatic heterocycles. The van der Waals surface area contributed by atoms with E-state index >= 15 is 0 Å². The van der Waals surface area contributed by atoms with E-state index in [9.17, 15) is 26.4 Å². The summed E-state index contributed by atoms with van der Waals surface area (Å²) in [6, 6.07) is 2.61. The smallest absolute Gasteiger partial charge is 0.355 e. The summed E-state index contributed by atoms with van der Waals surface area (Å²) in [5, 5.41) is 5.39. The SMILES string of the molecule is CNCCCNC(=O)C(C)NS(=O)(=O)c1ccccc1C(F)(F)F.Cl. The highest BCUT2D eigenvalue weighted by Crippen LogP contribution is 2.33. The van der Waals surface area contributed by atoms with Crippen molar-refractivity contribution >= 4 is 28.3 Å². The van der Waals surface area contributed by atoms with Crippen molar-refractivity contribution in [3.8, 4) is 0 Å². The number of alkyl halides is 3. The molecule has 144 valence electrons. The van der Waals surface area contributed by atoms with Crippen LogP contribution >= 0.6 is 12.4 Å². The monoisotopic (exact) mass is 403 g/mol. The van der Waals surface area contributed by atoms with E-state index in [2.05, 4.69) is 10.6 Å². The molecule has 1 unspecified atom stereocenters. The molecule has 1 rings (SSSR count). The molecule has 0 fully saturated rings. The number of benzene rings is 1. The van der Waals surface area contributed by atoms with Crippen LogP contribution in [0, 0.1) is 0 Å². The number of rotatable bonds is 8. The minimum atomic E-state index is -4.82. The molecule has 0 aromatic heterocycles. The van der Waals surface area contributed by atoms with Gasteiger partial charge in [-0.25, -0.2) is 8.42 Å². The summed E-state index contributed by atoms with van der Waals surface area (Å²) in [5.74, 6) is -0.612. The van der Waals surface area contributed by atoms with Gasteiger partial charge in [0, 0.05) is 6.54 Å². The Balaban J connectivity index is 0.00000576. The number of carbonyl (C=O) groups excluding carboxylic acids is 1. The first-order valence-corrected chi connectivity index (χ1v) is 8.68. The first-order valence-electron chi connectivity index (χ1n) is 7.20. The van der Waals surface area contributed by atoms with Crippen molar-refractivity contribution < 1.29 is 26.4 Å². The van der Waals surface area contributed by atoms with Crippen molar-refractivity contribution in [1.29, 1.82) is 0 Å². The van der Waals surface area contributed by atoms with Gasteiger partial charge in [-0.2, -0.15) is 17.9 Å². The lowest BCUT2D eigenvalue weighted by Crippen LogP contribution is -2.45. The molecule has 0 radical (unpaired) electrons. The zero-order valence-corrected chi connectivity index (χ0v) is 15.3. The summed E-state index contributed by atoms with van der Waals surface area (Å²) in [4.78, 5) is 10.9. The van der Waals surface area contributed by atoms with Crippen LogP contribution in [0.2, 0.25) is 0 Å². The minimum absolute atomic E-state index is 0. The number of halogens is 4. The normalized spacial score (nSPS) is 13.0. The van der Waals surface area contributed by atoms with Gasteiger partial charge in [0.05, 0.1) is 16.5 Å². The van der Waals surface area contributed by atoms with Crippen LogP contribution in [0.25, 0.3) is 0 Å². The molecule has 3 N–H and O–H groups in total. The fraction of sp³-hybridized carbons (Fsp3) is 0.500. The number of hydrogen-bond acceptors (Lipinski definition) is 4. The molecule has 11 heteroatoms. The highest BCUT2D eigenvalue weighted by atomic mass is 35.5. The summed E-state index contributed by atoms with van der Waals surface area (Å²) in [6.07, 6.45) is -4.18. The molecule has 0 spiro atoms. The maximum absolute atomic E-state index is 12.9. The van der Waals surface area contributed by atoms with Gasteiger partial charge in [0.15, 0.2) is 0 Å². The first kappa shape index (κ1) is 23.6. The fourth-order valence-electron chi connectivity index (χ4n) is 1.91. The van der Waals surface area contributed by atoms with Crippen molar-refractivity contribution in [3.05, 3.63) is 29.8 Å². The molecule has 1 amide bonds. The Morgan fingerprint density at radius 1 is 1.20 bits per heavy atom.